The van der Waals surface area contributed by atoms with E-state index in [4.69, 9.17) is 9.97 Å². The van der Waals surface area contributed by atoms with E-state index < -0.39 is 0 Å². The minimum atomic E-state index is 0.360. The third-order valence-corrected chi connectivity index (χ3v) is 6.30. The molecule has 9 nitrogen and oxygen atoms in total. The molecule has 6 rings (SSSR count). The summed E-state index contributed by atoms with van der Waals surface area (Å²) in [6, 6.07) is 14.2. The lowest BCUT2D eigenvalue weighted by atomic mass is 9.99. The average molecular weight is 452 g/mol. The Balaban J connectivity index is 1.30. The molecule has 0 atom stereocenters. The van der Waals surface area contributed by atoms with E-state index in [0.29, 0.717) is 23.4 Å². The molecule has 0 N–H and O–H groups in total. The third kappa shape index (κ3) is 3.40. The number of rotatable bonds is 4. The number of benzene rings is 1. The first-order valence-electron chi connectivity index (χ1n) is 11.4. The molecule has 170 valence electrons. The Morgan fingerprint density at radius 1 is 0.853 bits per heavy atom. The van der Waals surface area contributed by atoms with Crippen LogP contribution in [-0.4, -0.2) is 52.4 Å². The number of para-hydroxylation sites is 2. The van der Waals surface area contributed by atoms with Crippen LogP contribution in [0.5, 0.6) is 0 Å². The van der Waals surface area contributed by atoms with Crippen molar-refractivity contribution in [2.24, 2.45) is 7.05 Å². The van der Waals surface area contributed by atoms with Gasteiger partial charge in [0.05, 0.1) is 17.0 Å². The highest BCUT2D eigenvalue weighted by molar-refractivity contribution is 5.76. The second-order valence-corrected chi connectivity index (χ2v) is 8.83. The number of aromatic nitrogens is 8. The van der Waals surface area contributed by atoms with E-state index in [1.807, 2.05) is 51.2 Å². The van der Waals surface area contributed by atoms with Gasteiger partial charge >= 0.3 is 0 Å². The summed E-state index contributed by atoms with van der Waals surface area (Å²) in [6.45, 7) is 7.48. The highest BCUT2D eigenvalue weighted by Crippen LogP contribution is 2.32. The van der Waals surface area contributed by atoms with Crippen molar-refractivity contribution < 1.29 is 0 Å². The number of hydrogen-bond donors (Lipinski definition) is 0. The van der Waals surface area contributed by atoms with Crippen LogP contribution in [0.1, 0.15) is 29.1 Å². The van der Waals surface area contributed by atoms with Crippen molar-refractivity contribution in [3.05, 3.63) is 71.8 Å². The Kier molecular flexibility index (Phi) is 4.65. The van der Waals surface area contributed by atoms with E-state index in [1.54, 1.807) is 4.68 Å². The van der Waals surface area contributed by atoms with Crippen molar-refractivity contribution in [3.8, 4) is 17.2 Å². The number of hydrogen-bond acceptors (Lipinski definition) is 7. The van der Waals surface area contributed by atoms with Crippen molar-refractivity contribution in [2.75, 3.05) is 18.0 Å². The largest absolute Gasteiger partial charge is 0.355 e. The van der Waals surface area contributed by atoms with Crippen molar-refractivity contribution in [3.63, 3.8) is 0 Å². The number of aryl methyl sites for hydroxylation is 4. The van der Waals surface area contributed by atoms with Crippen LogP contribution in [0.3, 0.4) is 0 Å². The van der Waals surface area contributed by atoms with Gasteiger partial charge < -0.3 is 9.47 Å². The summed E-state index contributed by atoms with van der Waals surface area (Å²) >= 11 is 0. The van der Waals surface area contributed by atoms with Gasteiger partial charge in [-0.2, -0.15) is 4.68 Å². The fourth-order valence-corrected chi connectivity index (χ4v) is 4.53. The first-order valence-corrected chi connectivity index (χ1v) is 11.4. The highest BCUT2D eigenvalue weighted by atomic mass is 15.4. The van der Waals surface area contributed by atoms with E-state index >= 15 is 0 Å². The van der Waals surface area contributed by atoms with Crippen LogP contribution >= 0.6 is 0 Å². The zero-order chi connectivity index (χ0) is 23.4. The second-order valence-electron chi connectivity index (χ2n) is 8.83. The molecule has 1 fully saturated rings. The molecule has 1 saturated heterocycles. The Morgan fingerprint density at radius 3 is 2.41 bits per heavy atom. The molecule has 9 heteroatoms. The molecule has 0 radical (unpaired) electrons. The van der Waals surface area contributed by atoms with Gasteiger partial charge in [-0.25, -0.2) is 19.9 Å². The molecule has 0 unspecified atom stereocenters. The summed E-state index contributed by atoms with van der Waals surface area (Å²) < 4.78 is 3.98. The second kappa shape index (κ2) is 7.72. The lowest BCUT2D eigenvalue weighted by Gasteiger charge is -2.39. The predicted octanol–water partition coefficient (Wildman–Crippen LogP) is 3.54. The zero-order valence-corrected chi connectivity index (χ0v) is 19.6. The number of anilines is 1. The lowest BCUT2D eigenvalue weighted by molar-refractivity contribution is 0.485. The molecule has 4 aromatic heterocycles. The monoisotopic (exact) mass is 451 g/mol. The summed E-state index contributed by atoms with van der Waals surface area (Å²) in [5.74, 6) is 5.15. The summed E-state index contributed by atoms with van der Waals surface area (Å²) in [5.41, 5.74) is 4.06. The summed E-state index contributed by atoms with van der Waals surface area (Å²) in [6.07, 6.45) is 1.82. The molecule has 0 bridgehead atoms. The average Bonchev–Trinajstić information content (AvgIpc) is 3.34. The van der Waals surface area contributed by atoms with Crippen LogP contribution in [0.25, 0.3) is 28.2 Å². The fourth-order valence-electron chi connectivity index (χ4n) is 4.53. The Bertz CT molecular complexity index is 1510. The highest BCUT2D eigenvalue weighted by Gasteiger charge is 2.33. The number of imidazole rings is 1. The van der Waals surface area contributed by atoms with Crippen LogP contribution in [-0.2, 0) is 7.05 Å². The van der Waals surface area contributed by atoms with Gasteiger partial charge in [-0.15, -0.1) is 5.10 Å². The zero-order valence-electron chi connectivity index (χ0n) is 19.6. The predicted molar refractivity (Wildman–Crippen MR) is 130 cm³/mol. The number of fused-ring (bicyclic) bond motifs is 1. The van der Waals surface area contributed by atoms with Gasteiger partial charge in [0.15, 0.2) is 11.6 Å². The van der Waals surface area contributed by atoms with Crippen molar-refractivity contribution >= 4 is 16.9 Å². The number of nitrogens with zero attached hydrogens (tertiary/aromatic N) is 9. The van der Waals surface area contributed by atoms with Gasteiger partial charge in [0, 0.05) is 43.7 Å². The minimum Gasteiger partial charge on any atom is -0.355 e. The Hall–Kier alpha value is -4.14. The summed E-state index contributed by atoms with van der Waals surface area (Å²) in [4.78, 5) is 25.6. The van der Waals surface area contributed by atoms with Crippen LogP contribution < -0.4 is 4.90 Å². The molecule has 5 aromatic rings. The maximum atomic E-state index is 4.87. The third-order valence-electron chi connectivity index (χ3n) is 6.30. The molecule has 0 spiro atoms. The summed E-state index contributed by atoms with van der Waals surface area (Å²) in [5, 5.41) is 4.62. The maximum Gasteiger partial charge on any atom is 0.166 e. The van der Waals surface area contributed by atoms with Crippen LogP contribution in [0, 0.1) is 20.8 Å². The van der Waals surface area contributed by atoms with E-state index in [9.17, 15) is 0 Å². The van der Waals surface area contributed by atoms with Gasteiger partial charge in [0.1, 0.15) is 23.3 Å². The normalized spacial score (nSPS) is 14.1. The van der Waals surface area contributed by atoms with E-state index in [2.05, 4.69) is 54.8 Å². The molecule has 34 heavy (non-hydrogen) atoms. The molecule has 1 aliphatic heterocycles. The van der Waals surface area contributed by atoms with Crippen molar-refractivity contribution in [1.29, 1.82) is 0 Å². The smallest absolute Gasteiger partial charge is 0.166 e. The van der Waals surface area contributed by atoms with Gasteiger partial charge in [-0.05, 0) is 45.0 Å². The first kappa shape index (κ1) is 20.5. The maximum absolute atomic E-state index is 4.87. The molecule has 0 aliphatic carbocycles. The Labute approximate surface area is 197 Å². The van der Waals surface area contributed by atoms with Gasteiger partial charge in [-0.3, -0.25) is 4.98 Å². The Morgan fingerprint density at radius 2 is 1.65 bits per heavy atom. The van der Waals surface area contributed by atoms with Crippen LogP contribution in [0.4, 0.5) is 5.82 Å². The molecule has 1 aromatic carbocycles. The summed E-state index contributed by atoms with van der Waals surface area (Å²) in [7, 11) is 2.09. The quantitative estimate of drug-likeness (QED) is 0.413. The lowest BCUT2D eigenvalue weighted by Crippen LogP contribution is -2.46. The molecule has 5 heterocycles. The van der Waals surface area contributed by atoms with Crippen LogP contribution in [0.15, 0.2) is 48.7 Å². The molecular weight excluding hydrogens is 426 g/mol. The topological polar surface area (TPSA) is 90.4 Å². The van der Waals surface area contributed by atoms with E-state index in [-0.39, 0.29) is 0 Å². The van der Waals surface area contributed by atoms with E-state index in [0.717, 1.165) is 52.8 Å². The standard InChI is InChI=1S/C25H25N9/c1-15-9-10-18(12-26-15)25-29-17(3)31-34(25)23-11-22(27-16(2)28-23)33-13-19(14-33)24-30-20-7-5-6-8-21(20)32(24)4/h5-12,19H,13-14H2,1-4H3. The molecule has 1 aliphatic rings. The van der Waals surface area contributed by atoms with Crippen molar-refractivity contribution in [1.82, 2.24) is 39.3 Å². The first-order chi connectivity index (χ1) is 16.5. The van der Waals surface area contributed by atoms with Gasteiger partial charge in [0.25, 0.3) is 0 Å². The SMILES string of the molecule is Cc1ccc(-c2nc(C)nn2-c2cc(N3CC(c4nc5ccccc5n4C)C3)nc(C)n2)cn1. The molecule has 0 amide bonds. The minimum absolute atomic E-state index is 0.360. The number of pyridine rings is 1. The van der Waals surface area contributed by atoms with Crippen LogP contribution in [0.2, 0.25) is 0 Å². The van der Waals surface area contributed by atoms with E-state index in [1.165, 1.54) is 0 Å². The van der Waals surface area contributed by atoms with Gasteiger partial charge in [0.2, 0.25) is 0 Å². The molecular formula is C25H25N9. The molecule has 0 saturated carbocycles. The van der Waals surface area contributed by atoms with Crippen molar-refractivity contribution in [2.45, 2.75) is 26.7 Å². The fraction of sp³-hybridized carbons (Fsp3) is 0.280. The van der Waals surface area contributed by atoms with Gasteiger partial charge in [-0.1, -0.05) is 12.1 Å².